The van der Waals surface area contributed by atoms with E-state index in [1.165, 1.54) is 4.68 Å². The Morgan fingerprint density at radius 3 is 2.81 bits per heavy atom. The van der Waals surface area contributed by atoms with Crippen molar-refractivity contribution in [3.63, 3.8) is 0 Å². The molecular formula is C16H17FN4. The Morgan fingerprint density at radius 1 is 1.24 bits per heavy atom. The van der Waals surface area contributed by atoms with Crippen LogP contribution >= 0.6 is 0 Å². The van der Waals surface area contributed by atoms with Crippen LogP contribution in [0.25, 0.3) is 16.7 Å². The molecule has 108 valence electrons. The van der Waals surface area contributed by atoms with Gasteiger partial charge in [-0.25, -0.2) is 9.07 Å². The molecule has 0 aliphatic carbocycles. The third-order valence-electron chi connectivity index (χ3n) is 3.56. The fourth-order valence-electron chi connectivity index (χ4n) is 2.44. The van der Waals surface area contributed by atoms with Crippen LogP contribution in [0.1, 0.15) is 25.5 Å². The van der Waals surface area contributed by atoms with E-state index < -0.39 is 0 Å². The highest BCUT2D eigenvalue weighted by molar-refractivity contribution is 5.75. The van der Waals surface area contributed by atoms with Crippen molar-refractivity contribution in [3.05, 3.63) is 53.8 Å². The van der Waals surface area contributed by atoms with E-state index in [2.05, 4.69) is 15.6 Å². The summed E-state index contributed by atoms with van der Waals surface area (Å²) in [5.74, 6) is -0.298. The van der Waals surface area contributed by atoms with Gasteiger partial charge in [-0.1, -0.05) is 30.3 Å². The zero-order valence-corrected chi connectivity index (χ0v) is 12.0. The predicted molar refractivity (Wildman–Crippen MR) is 80.9 cm³/mol. The van der Waals surface area contributed by atoms with E-state index in [1.54, 1.807) is 12.1 Å². The minimum atomic E-state index is -0.298. The first kappa shape index (κ1) is 13.7. The maximum Gasteiger partial charge on any atom is 0.149 e. The van der Waals surface area contributed by atoms with Crippen molar-refractivity contribution in [2.75, 3.05) is 6.54 Å². The van der Waals surface area contributed by atoms with E-state index in [0.29, 0.717) is 5.69 Å². The smallest absolute Gasteiger partial charge is 0.149 e. The van der Waals surface area contributed by atoms with Gasteiger partial charge in [0.1, 0.15) is 17.0 Å². The molecule has 21 heavy (non-hydrogen) atoms. The lowest BCUT2D eigenvalue weighted by Crippen LogP contribution is -2.18. The van der Waals surface area contributed by atoms with Gasteiger partial charge in [-0.15, -0.1) is 5.10 Å². The molecule has 0 spiro atoms. The first-order valence-corrected chi connectivity index (χ1v) is 7.04. The second kappa shape index (κ2) is 5.61. The van der Waals surface area contributed by atoms with Gasteiger partial charge >= 0.3 is 0 Å². The summed E-state index contributed by atoms with van der Waals surface area (Å²) in [5.41, 5.74) is 2.88. The number of para-hydroxylation sites is 1. The number of hydrogen-bond donors (Lipinski definition) is 1. The lowest BCUT2D eigenvalue weighted by atomic mass is 10.1. The molecule has 0 fully saturated rings. The van der Waals surface area contributed by atoms with Crippen LogP contribution in [0, 0.1) is 5.82 Å². The molecule has 1 unspecified atom stereocenters. The van der Waals surface area contributed by atoms with E-state index >= 15 is 0 Å². The average molecular weight is 284 g/mol. The Morgan fingerprint density at radius 2 is 2.05 bits per heavy atom. The van der Waals surface area contributed by atoms with Crippen LogP contribution in [0.3, 0.4) is 0 Å². The molecule has 0 saturated heterocycles. The van der Waals surface area contributed by atoms with Gasteiger partial charge in [0.15, 0.2) is 0 Å². The van der Waals surface area contributed by atoms with Gasteiger partial charge in [-0.05, 0) is 43.3 Å². The molecule has 1 atom stereocenters. The Bertz CT molecular complexity index is 766. The van der Waals surface area contributed by atoms with Crippen molar-refractivity contribution in [3.8, 4) is 5.69 Å². The number of aromatic nitrogens is 3. The highest BCUT2D eigenvalue weighted by Gasteiger charge is 2.12. The van der Waals surface area contributed by atoms with Gasteiger partial charge in [0.05, 0.1) is 5.52 Å². The minimum Gasteiger partial charge on any atom is -0.310 e. The van der Waals surface area contributed by atoms with E-state index in [0.717, 1.165) is 23.1 Å². The summed E-state index contributed by atoms with van der Waals surface area (Å²) in [6.45, 7) is 4.89. The Balaban J connectivity index is 2.03. The highest BCUT2D eigenvalue weighted by atomic mass is 19.1. The molecule has 1 aromatic heterocycles. The number of nitrogens with zero attached hydrogens (tertiary/aromatic N) is 3. The van der Waals surface area contributed by atoms with Crippen LogP contribution in [0.5, 0.6) is 0 Å². The minimum absolute atomic E-state index is 0.117. The monoisotopic (exact) mass is 284 g/mol. The standard InChI is InChI=1S/C16H17FN4/c1-3-18-11(2)12-8-9-15(13(17)10-12)21-16-7-5-4-6-14(16)19-20-21/h4-11,18H,3H2,1-2H3. The summed E-state index contributed by atoms with van der Waals surface area (Å²) in [5, 5.41) is 11.4. The number of fused-ring (bicyclic) bond motifs is 1. The molecule has 0 amide bonds. The molecule has 3 aromatic rings. The van der Waals surface area contributed by atoms with Crippen molar-refractivity contribution >= 4 is 11.0 Å². The van der Waals surface area contributed by atoms with Crippen LogP contribution in [0.15, 0.2) is 42.5 Å². The summed E-state index contributed by atoms with van der Waals surface area (Å²) in [4.78, 5) is 0. The molecule has 1 N–H and O–H groups in total. The summed E-state index contributed by atoms with van der Waals surface area (Å²) in [6.07, 6.45) is 0. The molecule has 0 bridgehead atoms. The Hall–Kier alpha value is -2.27. The zero-order chi connectivity index (χ0) is 14.8. The summed E-state index contributed by atoms with van der Waals surface area (Å²) in [7, 11) is 0. The molecule has 3 rings (SSSR count). The van der Waals surface area contributed by atoms with Gasteiger partial charge in [-0.2, -0.15) is 0 Å². The predicted octanol–water partition coefficient (Wildman–Crippen LogP) is 3.23. The second-order valence-electron chi connectivity index (χ2n) is 4.98. The van der Waals surface area contributed by atoms with Crippen molar-refractivity contribution in [2.24, 2.45) is 0 Å². The van der Waals surface area contributed by atoms with Crippen LogP contribution in [0.2, 0.25) is 0 Å². The van der Waals surface area contributed by atoms with Crippen molar-refractivity contribution in [1.29, 1.82) is 0 Å². The number of nitrogens with one attached hydrogen (secondary N) is 1. The first-order valence-electron chi connectivity index (χ1n) is 7.04. The molecule has 5 heteroatoms. The summed E-state index contributed by atoms with van der Waals surface area (Å²) < 4.78 is 16.0. The molecule has 0 aliphatic rings. The van der Waals surface area contributed by atoms with Crippen molar-refractivity contribution in [2.45, 2.75) is 19.9 Å². The third-order valence-corrected chi connectivity index (χ3v) is 3.56. The lowest BCUT2D eigenvalue weighted by molar-refractivity contribution is 0.577. The van der Waals surface area contributed by atoms with Gasteiger partial charge in [-0.3, -0.25) is 0 Å². The number of hydrogen-bond acceptors (Lipinski definition) is 3. The maximum absolute atomic E-state index is 14.4. The quantitative estimate of drug-likeness (QED) is 0.800. The molecule has 4 nitrogen and oxygen atoms in total. The van der Waals surface area contributed by atoms with Gasteiger partial charge in [0.25, 0.3) is 0 Å². The topological polar surface area (TPSA) is 42.7 Å². The fourth-order valence-corrected chi connectivity index (χ4v) is 2.44. The second-order valence-corrected chi connectivity index (χ2v) is 4.98. The summed E-state index contributed by atoms with van der Waals surface area (Å²) in [6, 6.07) is 12.9. The van der Waals surface area contributed by atoms with E-state index in [4.69, 9.17) is 0 Å². The number of benzene rings is 2. The molecule has 0 saturated carbocycles. The van der Waals surface area contributed by atoms with Crippen molar-refractivity contribution in [1.82, 2.24) is 20.3 Å². The van der Waals surface area contributed by atoms with Crippen LogP contribution < -0.4 is 5.32 Å². The molecular weight excluding hydrogens is 267 g/mol. The third kappa shape index (κ3) is 2.52. The molecule has 2 aromatic carbocycles. The largest absolute Gasteiger partial charge is 0.310 e. The van der Waals surface area contributed by atoms with Crippen LogP contribution in [0.4, 0.5) is 4.39 Å². The Labute approximate surface area is 122 Å². The molecule has 1 heterocycles. The maximum atomic E-state index is 14.4. The van der Waals surface area contributed by atoms with Gasteiger partial charge < -0.3 is 5.32 Å². The van der Waals surface area contributed by atoms with E-state index in [1.807, 2.05) is 44.2 Å². The first-order chi connectivity index (χ1) is 10.2. The average Bonchev–Trinajstić information content (AvgIpc) is 2.91. The fraction of sp³-hybridized carbons (Fsp3) is 0.250. The van der Waals surface area contributed by atoms with Crippen LogP contribution in [-0.2, 0) is 0 Å². The Kier molecular flexibility index (Phi) is 3.66. The van der Waals surface area contributed by atoms with Gasteiger partial charge in [0, 0.05) is 6.04 Å². The normalized spacial score (nSPS) is 12.7. The van der Waals surface area contributed by atoms with Crippen molar-refractivity contribution < 1.29 is 4.39 Å². The molecule has 0 radical (unpaired) electrons. The SMILES string of the molecule is CCNC(C)c1ccc(-n2nnc3ccccc32)c(F)c1. The van der Waals surface area contributed by atoms with E-state index in [-0.39, 0.29) is 11.9 Å². The highest BCUT2D eigenvalue weighted by Crippen LogP contribution is 2.22. The van der Waals surface area contributed by atoms with Gasteiger partial charge in [0.2, 0.25) is 0 Å². The zero-order valence-electron chi connectivity index (χ0n) is 12.0. The number of halogens is 1. The number of rotatable bonds is 4. The summed E-state index contributed by atoms with van der Waals surface area (Å²) >= 11 is 0. The van der Waals surface area contributed by atoms with Crippen LogP contribution in [-0.4, -0.2) is 21.5 Å². The van der Waals surface area contributed by atoms with E-state index in [9.17, 15) is 4.39 Å². The molecule has 0 aliphatic heterocycles. The lowest BCUT2D eigenvalue weighted by Gasteiger charge is -2.14.